The Balaban J connectivity index is 1.86. The van der Waals surface area contributed by atoms with E-state index in [1.807, 2.05) is 38.1 Å². The summed E-state index contributed by atoms with van der Waals surface area (Å²) < 4.78 is 16.0. The molecule has 0 spiro atoms. The fraction of sp³-hybridized carbons (Fsp3) is 0.231. The van der Waals surface area contributed by atoms with Gasteiger partial charge in [0.2, 0.25) is 0 Å². The second-order valence-electron chi connectivity index (χ2n) is 7.39. The highest BCUT2D eigenvalue weighted by molar-refractivity contribution is 6.05. The van der Waals surface area contributed by atoms with Crippen molar-refractivity contribution in [3.05, 3.63) is 89.0 Å². The van der Waals surface area contributed by atoms with Crippen LogP contribution in [0.25, 0.3) is 6.08 Å². The first kappa shape index (κ1) is 23.7. The molecule has 1 unspecified atom stereocenters. The predicted octanol–water partition coefficient (Wildman–Crippen LogP) is 4.64. The van der Waals surface area contributed by atoms with Crippen LogP contribution in [0.2, 0.25) is 0 Å². The summed E-state index contributed by atoms with van der Waals surface area (Å²) in [5.74, 6) is 0.813. The van der Waals surface area contributed by atoms with E-state index in [0.717, 1.165) is 11.1 Å². The monoisotopic (exact) mass is 448 g/mol. The van der Waals surface area contributed by atoms with Crippen molar-refractivity contribution >= 4 is 17.9 Å². The summed E-state index contributed by atoms with van der Waals surface area (Å²) in [6, 6.07) is 15.8. The molecule has 0 bridgehead atoms. The number of aryl methyl sites for hydroxylation is 1. The molecule has 7 heteroatoms. The Morgan fingerprint density at radius 2 is 1.79 bits per heavy atom. The second kappa shape index (κ2) is 11.0. The summed E-state index contributed by atoms with van der Waals surface area (Å²) in [6.07, 6.45) is 3.64. The maximum atomic E-state index is 13.2. The van der Waals surface area contributed by atoms with E-state index >= 15 is 0 Å². The van der Waals surface area contributed by atoms with Crippen LogP contribution in [0.1, 0.15) is 46.6 Å². The molecule has 2 amide bonds. The first-order chi connectivity index (χ1) is 16.0. The molecule has 0 saturated heterocycles. The van der Waals surface area contributed by atoms with Gasteiger partial charge in [0.1, 0.15) is 11.5 Å². The van der Waals surface area contributed by atoms with Crippen molar-refractivity contribution in [2.45, 2.75) is 26.3 Å². The van der Waals surface area contributed by atoms with Crippen molar-refractivity contribution in [3.63, 3.8) is 0 Å². The first-order valence-corrected chi connectivity index (χ1v) is 10.6. The van der Waals surface area contributed by atoms with Gasteiger partial charge >= 0.3 is 0 Å². The summed E-state index contributed by atoms with van der Waals surface area (Å²) >= 11 is 0. The minimum atomic E-state index is -0.435. The molecule has 3 rings (SSSR count). The average Bonchev–Trinajstić information content (AvgIpc) is 3.34. The molecule has 0 aliphatic rings. The van der Waals surface area contributed by atoms with Crippen molar-refractivity contribution in [3.8, 4) is 11.5 Å². The largest absolute Gasteiger partial charge is 0.493 e. The van der Waals surface area contributed by atoms with Crippen LogP contribution in [-0.2, 0) is 4.79 Å². The lowest BCUT2D eigenvalue weighted by atomic mass is 10.0. The van der Waals surface area contributed by atoms with E-state index in [2.05, 4.69) is 10.6 Å². The van der Waals surface area contributed by atoms with Crippen LogP contribution in [0.4, 0.5) is 0 Å². The molecule has 7 nitrogen and oxygen atoms in total. The predicted molar refractivity (Wildman–Crippen MR) is 126 cm³/mol. The number of nitrogens with one attached hydrogen (secondary N) is 2. The van der Waals surface area contributed by atoms with Gasteiger partial charge in [-0.25, -0.2) is 0 Å². The molecule has 0 saturated carbocycles. The third kappa shape index (κ3) is 5.83. The van der Waals surface area contributed by atoms with Gasteiger partial charge in [0, 0.05) is 11.6 Å². The van der Waals surface area contributed by atoms with E-state index in [9.17, 15) is 9.59 Å². The smallest absolute Gasteiger partial charge is 0.268 e. The van der Waals surface area contributed by atoms with Gasteiger partial charge in [-0.2, -0.15) is 0 Å². The zero-order chi connectivity index (χ0) is 23.8. The quantitative estimate of drug-likeness (QED) is 0.466. The number of amides is 2. The highest BCUT2D eigenvalue weighted by Gasteiger charge is 2.21. The molecule has 0 fully saturated rings. The fourth-order valence-electron chi connectivity index (χ4n) is 3.42. The lowest BCUT2D eigenvalue weighted by Gasteiger charge is -2.20. The summed E-state index contributed by atoms with van der Waals surface area (Å²) in [6.45, 7) is 3.80. The maximum Gasteiger partial charge on any atom is 0.268 e. The third-order valence-electron chi connectivity index (χ3n) is 5.24. The molecule has 1 aromatic heterocycles. The zero-order valence-electron chi connectivity index (χ0n) is 19.2. The summed E-state index contributed by atoms with van der Waals surface area (Å²) in [5.41, 5.74) is 2.23. The van der Waals surface area contributed by atoms with Gasteiger partial charge in [-0.15, -0.1) is 0 Å². The van der Waals surface area contributed by atoms with Gasteiger partial charge in [-0.1, -0.05) is 31.2 Å². The highest BCUT2D eigenvalue weighted by atomic mass is 16.5. The average molecular weight is 449 g/mol. The number of ether oxygens (including phenoxy) is 2. The Morgan fingerprint density at radius 1 is 1.03 bits per heavy atom. The van der Waals surface area contributed by atoms with Gasteiger partial charge in [-0.05, 0) is 54.8 Å². The van der Waals surface area contributed by atoms with E-state index < -0.39 is 5.91 Å². The van der Waals surface area contributed by atoms with E-state index in [0.29, 0.717) is 29.2 Å². The minimum Gasteiger partial charge on any atom is -0.493 e. The van der Waals surface area contributed by atoms with Crippen molar-refractivity contribution in [2.75, 3.05) is 14.2 Å². The van der Waals surface area contributed by atoms with Crippen LogP contribution < -0.4 is 20.1 Å². The zero-order valence-corrected chi connectivity index (χ0v) is 19.2. The second-order valence-corrected chi connectivity index (χ2v) is 7.39. The van der Waals surface area contributed by atoms with Gasteiger partial charge < -0.3 is 24.5 Å². The SMILES string of the molecule is CCC(NC(=O)/C(=C/c1ccco1)NC(=O)c1ccccc1C)c1ccc(OC)c(OC)c1. The highest BCUT2D eigenvalue weighted by Crippen LogP contribution is 2.31. The minimum absolute atomic E-state index is 0.0807. The lowest BCUT2D eigenvalue weighted by molar-refractivity contribution is -0.118. The van der Waals surface area contributed by atoms with E-state index in [4.69, 9.17) is 13.9 Å². The fourth-order valence-corrected chi connectivity index (χ4v) is 3.42. The number of furan rings is 1. The number of hydrogen-bond acceptors (Lipinski definition) is 5. The molecule has 0 radical (unpaired) electrons. The van der Waals surface area contributed by atoms with E-state index in [1.54, 1.807) is 44.6 Å². The van der Waals surface area contributed by atoms with Crippen LogP contribution in [0, 0.1) is 6.92 Å². The van der Waals surface area contributed by atoms with Crippen LogP contribution >= 0.6 is 0 Å². The van der Waals surface area contributed by atoms with Crippen molar-refractivity contribution < 1.29 is 23.5 Å². The van der Waals surface area contributed by atoms with Crippen LogP contribution in [0.3, 0.4) is 0 Å². The molecule has 1 heterocycles. The van der Waals surface area contributed by atoms with Gasteiger partial charge in [0.15, 0.2) is 11.5 Å². The topological polar surface area (TPSA) is 89.8 Å². The van der Waals surface area contributed by atoms with E-state index in [1.165, 1.54) is 12.3 Å². The standard InChI is InChI=1S/C26H28N2O5/c1-5-21(18-12-13-23(31-3)24(15-18)32-4)27-26(30)22(16-19-10-8-14-33-19)28-25(29)20-11-7-6-9-17(20)2/h6-16,21H,5H2,1-4H3,(H,27,30)(H,28,29)/b22-16-. The van der Waals surface area contributed by atoms with Crippen molar-refractivity contribution in [2.24, 2.45) is 0 Å². The van der Waals surface area contributed by atoms with Gasteiger partial charge in [0.25, 0.3) is 11.8 Å². The Bertz CT molecular complexity index is 1140. The Labute approximate surface area is 193 Å². The number of carbonyl (C=O) groups is 2. The molecule has 172 valence electrons. The third-order valence-corrected chi connectivity index (χ3v) is 5.24. The maximum absolute atomic E-state index is 13.2. The number of benzene rings is 2. The number of rotatable bonds is 9. The molecular formula is C26H28N2O5. The normalized spacial score (nSPS) is 12.1. The van der Waals surface area contributed by atoms with Crippen LogP contribution in [-0.4, -0.2) is 26.0 Å². The Morgan fingerprint density at radius 3 is 2.42 bits per heavy atom. The Kier molecular flexibility index (Phi) is 7.91. The van der Waals surface area contributed by atoms with Gasteiger partial charge in [-0.3, -0.25) is 9.59 Å². The Hall–Kier alpha value is -4.00. The van der Waals surface area contributed by atoms with E-state index in [-0.39, 0.29) is 17.6 Å². The molecule has 33 heavy (non-hydrogen) atoms. The van der Waals surface area contributed by atoms with Crippen LogP contribution in [0.15, 0.2) is 71.0 Å². The van der Waals surface area contributed by atoms with Gasteiger partial charge in [0.05, 0.1) is 26.5 Å². The van der Waals surface area contributed by atoms with Crippen molar-refractivity contribution in [1.82, 2.24) is 10.6 Å². The molecule has 0 aliphatic heterocycles. The number of methoxy groups -OCH3 is 2. The summed E-state index contributed by atoms with van der Waals surface area (Å²) in [5, 5.41) is 5.74. The van der Waals surface area contributed by atoms with Crippen LogP contribution in [0.5, 0.6) is 11.5 Å². The number of hydrogen-bond donors (Lipinski definition) is 2. The molecule has 2 aromatic carbocycles. The number of carbonyl (C=O) groups excluding carboxylic acids is 2. The van der Waals surface area contributed by atoms with Crippen molar-refractivity contribution in [1.29, 1.82) is 0 Å². The molecule has 2 N–H and O–H groups in total. The summed E-state index contributed by atoms with van der Waals surface area (Å²) in [4.78, 5) is 26.1. The molecule has 1 atom stereocenters. The summed E-state index contributed by atoms with van der Waals surface area (Å²) in [7, 11) is 3.13. The first-order valence-electron chi connectivity index (χ1n) is 10.6. The molecule has 3 aromatic rings. The molecule has 0 aliphatic carbocycles. The molecular weight excluding hydrogens is 420 g/mol. The lowest BCUT2D eigenvalue weighted by Crippen LogP contribution is -2.37.